The molecule has 1 aromatic carbocycles. The number of fused-ring (bicyclic) bond motifs is 1. The van der Waals surface area contributed by atoms with Crippen LogP contribution in [0.2, 0.25) is 0 Å². The molecule has 7 heteroatoms. The van der Waals surface area contributed by atoms with E-state index in [9.17, 15) is 0 Å². The first-order valence-corrected chi connectivity index (χ1v) is 9.85. The second-order valence-electron chi connectivity index (χ2n) is 7.34. The number of piperazine rings is 1. The minimum absolute atomic E-state index is 0. The predicted molar refractivity (Wildman–Crippen MR) is 122 cm³/mol. The third-order valence-corrected chi connectivity index (χ3v) is 5.23. The number of benzene rings is 1. The molecule has 0 amide bonds. The van der Waals surface area contributed by atoms with Crippen molar-refractivity contribution in [2.24, 2.45) is 4.99 Å². The maximum Gasteiger partial charge on any atom is 0.191 e. The van der Waals surface area contributed by atoms with Crippen molar-refractivity contribution in [1.29, 1.82) is 0 Å². The molecule has 0 spiro atoms. The fourth-order valence-electron chi connectivity index (χ4n) is 3.52. The van der Waals surface area contributed by atoms with Crippen LogP contribution in [0.15, 0.2) is 29.3 Å². The van der Waals surface area contributed by atoms with E-state index in [2.05, 4.69) is 53.5 Å². The number of halogens is 1. The van der Waals surface area contributed by atoms with E-state index >= 15 is 0 Å². The Labute approximate surface area is 180 Å². The van der Waals surface area contributed by atoms with E-state index in [0.29, 0.717) is 6.04 Å². The molecule has 2 heterocycles. The van der Waals surface area contributed by atoms with Crippen molar-refractivity contribution >= 4 is 29.9 Å². The molecule has 0 bridgehead atoms. The van der Waals surface area contributed by atoms with Gasteiger partial charge in [0.15, 0.2) is 5.96 Å². The van der Waals surface area contributed by atoms with Gasteiger partial charge in [-0.2, -0.15) is 0 Å². The standard InChI is InChI=1S/C20H33N5O.HI/c1-4-21-20(22-14-16(2)25-11-9-24(3)10-12-25)23-15-18-13-17-7-5-6-8-19(17)26-18;/h5-8,16,18H,4,9-15H2,1-3H3,(H2,21,22,23);1H. The van der Waals surface area contributed by atoms with Crippen molar-refractivity contribution in [3.05, 3.63) is 29.8 Å². The Morgan fingerprint density at radius 3 is 2.67 bits per heavy atom. The molecule has 2 aliphatic rings. The third kappa shape index (κ3) is 6.50. The van der Waals surface area contributed by atoms with E-state index < -0.39 is 0 Å². The first-order chi connectivity index (χ1) is 12.7. The Hall–Kier alpha value is -1.06. The molecule has 0 aliphatic carbocycles. The molecule has 152 valence electrons. The zero-order chi connectivity index (χ0) is 18.4. The van der Waals surface area contributed by atoms with Crippen LogP contribution in [0.5, 0.6) is 5.75 Å². The van der Waals surface area contributed by atoms with Crippen LogP contribution in [0.4, 0.5) is 0 Å². The van der Waals surface area contributed by atoms with Crippen molar-refractivity contribution < 1.29 is 4.74 Å². The Balaban J connectivity index is 0.00000261. The maximum absolute atomic E-state index is 6.01. The Morgan fingerprint density at radius 2 is 1.96 bits per heavy atom. The van der Waals surface area contributed by atoms with E-state index in [1.54, 1.807) is 0 Å². The number of nitrogens with zero attached hydrogens (tertiary/aromatic N) is 3. The fourth-order valence-corrected chi connectivity index (χ4v) is 3.52. The number of para-hydroxylation sites is 1. The van der Waals surface area contributed by atoms with Crippen molar-refractivity contribution in [3.8, 4) is 5.75 Å². The number of aliphatic imine (C=N–C) groups is 1. The number of likely N-dealkylation sites (N-methyl/N-ethyl adjacent to an activating group) is 1. The van der Waals surface area contributed by atoms with Gasteiger partial charge in [-0.25, -0.2) is 0 Å². The largest absolute Gasteiger partial charge is 0.488 e. The highest BCUT2D eigenvalue weighted by molar-refractivity contribution is 14.0. The summed E-state index contributed by atoms with van der Waals surface area (Å²) in [5.41, 5.74) is 1.30. The van der Waals surface area contributed by atoms with Crippen LogP contribution in [0.3, 0.4) is 0 Å². The zero-order valence-electron chi connectivity index (χ0n) is 16.8. The van der Waals surface area contributed by atoms with Crippen molar-refractivity contribution in [2.75, 3.05) is 52.9 Å². The molecule has 0 aromatic heterocycles. The number of hydrogen-bond donors (Lipinski definition) is 2. The SMILES string of the molecule is CCNC(=NCC(C)N1CCN(C)CC1)NCC1Cc2ccccc2O1.I. The molecular formula is C20H34IN5O. The van der Waals surface area contributed by atoms with Gasteiger partial charge in [0.05, 0.1) is 13.1 Å². The van der Waals surface area contributed by atoms with Gasteiger partial charge in [0.25, 0.3) is 0 Å². The van der Waals surface area contributed by atoms with Gasteiger partial charge in [0, 0.05) is 45.2 Å². The lowest BCUT2D eigenvalue weighted by Gasteiger charge is -2.35. The quantitative estimate of drug-likeness (QED) is 0.364. The zero-order valence-corrected chi connectivity index (χ0v) is 19.1. The molecule has 2 unspecified atom stereocenters. The van der Waals surface area contributed by atoms with Crippen molar-refractivity contribution in [2.45, 2.75) is 32.4 Å². The molecule has 0 radical (unpaired) electrons. The fraction of sp³-hybridized carbons (Fsp3) is 0.650. The average molecular weight is 487 g/mol. The Morgan fingerprint density at radius 1 is 1.22 bits per heavy atom. The molecule has 27 heavy (non-hydrogen) atoms. The van der Waals surface area contributed by atoms with Crippen LogP contribution in [0.1, 0.15) is 19.4 Å². The monoisotopic (exact) mass is 487 g/mol. The number of hydrogen-bond acceptors (Lipinski definition) is 4. The molecule has 6 nitrogen and oxygen atoms in total. The van der Waals surface area contributed by atoms with Gasteiger partial charge < -0.3 is 20.3 Å². The smallest absolute Gasteiger partial charge is 0.191 e. The van der Waals surface area contributed by atoms with Crippen LogP contribution < -0.4 is 15.4 Å². The van der Waals surface area contributed by atoms with Crippen LogP contribution in [-0.2, 0) is 6.42 Å². The second kappa shape index (κ2) is 11.1. The summed E-state index contributed by atoms with van der Waals surface area (Å²) >= 11 is 0. The molecule has 3 rings (SSSR count). The summed E-state index contributed by atoms with van der Waals surface area (Å²) in [7, 11) is 2.19. The minimum Gasteiger partial charge on any atom is -0.488 e. The van der Waals surface area contributed by atoms with Crippen LogP contribution >= 0.6 is 24.0 Å². The predicted octanol–water partition coefficient (Wildman–Crippen LogP) is 1.80. The first-order valence-electron chi connectivity index (χ1n) is 9.85. The lowest BCUT2D eigenvalue weighted by Crippen LogP contribution is -2.49. The molecule has 1 saturated heterocycles. The van der Waals surface area contributed by atoms with Gasteiger partial charge in [-0.05, 0) is 32.5 Å². The van der Waals surface area contributed by atoms with E-state index in [4.69, 9.17) is 9.73 Å². The summed E-state index contributed by atoms with van der Waals surface area (Å²) in [6, 6.07) is 8.76. The van der Waals surface area contributed by atoms with Crippen LogP contribution in [-0.4, -0.2) is 80.8 Å². The number of nitrogens with one attached hydrogen (secondary N) is 2. The number of guanidine groups is 1. The van der Waals surface area contributed by atoms with Gasteiger partial charge in [0.1, 0.15) is 11.9 Å². The highest BCUT2D eigenvalue weighted by atomic mass is 127. The van der Waals surface area contributed by atoms with E-state index in [-0.39, 0.29) is 30.1 Å². The third-order valence-electron chi connectivity index (χ3n) is 5.23. The Kier molecular flexibility index (Phi) is 9.11. The van der Waals surface area contributed by atoms with Gasteiger partial charge >= 0.3 is 0 Å². The molecule has 1 fully saturated rings. The molecule has 1 aromatic rings. The molecule has 2 N–H and O–H groups in total. The Bertz CT molecular complexity index is 579. The highest BCUT2D eigenvalue weighted by Gasteiger charge is 2.22. The number of rotatable bonds is 6. The number of ether oxygens (including phenoxy) is 1. The topological polar surface area (TPSA) is 52.1 Å². The lowest BCUT2D eigenvalue weighted by molar-refractivity contribution is 0.122. The average Bonchev–Trinajstić information content (AvgIpc) is 3.07. The van der Waals surface area contributed by atoms with Gasteiger partial charge in [-0.3, -0.25) is 9.89 Å². The normalized spacial score (nSPS) is 21.7. The second-order valence-corrected chi connectivity index (χ2v) is 7.34. The summed E-state index contributed by atoms with van der Waals surface area (Å²) in [6.07, 6.45) is 1.13. The van der Waals surface area contributed by atoms with Crippen LogP contribution in [0.25, 0.3) is 0 Å². The summed E-state index contributed by atoms with van der Waals surface area (Å²) in [5.74, 6) is 1.90. The highest BCUT2D eigenvalue weighted by Crippen LogP contribution is 2.27. The minimum atomic E-state index is 0. The van der Waals surface area contributed by atoms with Gasteiger partial charge in [0.2, 0.25) is 0 Å². The van der Waals surface area contributed by atoms with Crippen molar-refractivity contribution in [1.82, 2.24) is 20.4 Å². The van der Waals surface area contributed by atoms with Crippen LogP contribution in [0, 0.1) is 0 Å². The summed E-state index contributed by atoms with van der Waals surface area (Å²) in [6.45, 7) is 11.4. The van der Waals surface area contributed by atoms with E-state index in [0.717, 1.165) is 63.9 Å². The lowest BCUT2D eigenvalue weighted by atomic mass is 10.1. The summed E-state index contributed by atoms with van der Waals surface area (Å²) in [5, 5.41) is 6.80. The van der Waals surface area contributed by atoms with E-state index in [1.165, 1.54) is 5.56 Å². The molecule has 2 aliphatic heterocycles. The summed E-state index contributed by atoms with van der Waals surface area (Å²) in [4.78, 5) is 9.72. The van der Waals surface area contributed by atoms with Gasteiger partial charge in [-0.1, -0.05) is 18.2 Å². The molecule has 0 saturated carbocycles. The first kappa shape index (κ1) is 22.2. The molecular weight excluding hydrogens is 453 g/mol. The van der Waals surface area contributed by atoms with E-state index in [1.807, 2.05) is 12.1 Å². The maximum atomic E-state index is 6.01. The summed E-state index contributed by atoms with van der Waals surface area (Å²) < 4.78 is 6.01. The van der Waals surface area contributed by atoms with Crippen molar-refractivity contribution in [3.63, 3.8) is 0 Å². The molecule has 2 atom stereocenters. The van der Waals surface area contributed by atoms with Gasteiger partial charge in [-0.15, -0.1) is 24.0 Å².